The minimum Gasteiger partial charge on any atom is -0.347 e. The van der Waals surface area contributed by atoms with Gasteiger partial charge >= 0.3 is 0 Å². The van der Waals surface area contributed by atoms with E-state index in [-0.39, 0.29) is 11.8 Å². The number of likely N-dealkylation sites (tertiary alicyclic amines) is 1. The number of ether oxygens (including phenoxy) is 2. The van der Waals surface area contributed by atoms with E-state index in [2.05, 4.69) is 4.98 Å². The Bertz CT molecular complexity index is 526. The van der Waals surface area contributed by atoms with Gasteiger partial charge in [0.2, 0.25) is 0 Å². The van der Waals surface area contributed by atoms with E-state index in [9.17, 15) is 4.79 Å². The molecule has 1 amide bonds. The molecular formula is C16H22N2O3. The lowest BCUT2D eigenvalue weighted by atomic mass is 9.90. The monoisotopic (exact) mass is 290 g/mol. The molecule has 0 unspecified atom stereocenters. The van der Waals surface area contributed by atoms with Crippen molar-refractivity contribution in [1.82, 2.24) is 9.88 Å². The second-order valence-electron chi connectivity index (χ2n) is 5.94. The third-order valence-electron chi connectivity index (χ3n) is 4.55. The molecule has 3 rings (SSSR count). The second kappa shape index (κ2) is 5.73. The number of aromatic nitrogens is 1. The summed E-state index contributed by atoms with van der Waals surface area (Å²) in [5.41, 5.74) is 1.47. The molecule has 2 saturated heterocycles. The largest absolute Gasteiger partial charge is 0.347 e. The molecule has 1 aromatic heterocycles. The topological polar surface area (TPSA) is 51.7 Å². The van der Waals surface area contributed by atoms with Crippen LogP contribution in [0, 0.1) is 12.8 Å². The number of nitrogens with zero attached hydrogens (tertiary/aromatic N) is 2. The Kier molecular flexibility index (Phi) is 3.95. The summed E-state index contributed by atoms with van der Waals surface area (Å²) in [4.78, 5) is 18.8. The van der Waals surface area contributed by atoms with Gasteiger partial charge in [0.15, 0.2) is 5.79 Å². The highest BCUT2D eigenvalue weighted by Crippen LogP contribution is 2.34. The molecule has 114 valence electrons. The first-order valence-corrected chi connectivity index (χ1v) is 7.59. The second-order valence-corrected chi connectivity index (χ2v) is 5.94. The number of rotatable bonds is 2. The van der Waals surface area contributed by atoms with Crippen molar-refractivity contribution in [3.8, 4) is 0 Å². The van der Waals surface area contributed by atoms with Gasteiger partial charge in [-0.25, -0.2) is 0 Å². The lowest BCUT2D eigenvalue weighted by Crippen LogP contribution is -2.48. The van der Waals surface area contributed by atoms with Crippen LogP contribution in [0.3, 0.4) is 0 Å². The van der Waals surface area contributed by atoms with Crippen molar-refractivity contribution in [3.63, 3.8) is 0 Å². The Labute approximate surface area is 125 Å². The zero-order valence-electron chi connectivity index (χ0n) is 12.7. The van der Waals surface area contributed by atoms with Gasteiger partial charge in [-0.1, -0.05) is 0 Å². The molecule has 0 aromatic carbocycles. The maximum absolute atomic E-state index is 12.7. The number of carbonyl (C=O) groups excluding carboxylic acids is 1. The third kappa shape index (κ3) is 2.80. The van der Waals surface area contributed by atoms with Crippen molar-refractivity contribution in [2.24, 2.45) is 5.92 Å². The summed E-state index contributed by atoms with van der Waals surface area (Å²) in [5, 5.41) is 0. The zero-order valence-corrected chi connectivity index (χ0v) is 12.7. The zero-order chi connectivity index (χ0) is 14.9. The van der Waals surface area contributed by atoms with Gasteiger partial charge in [0.05, 0.1) is 18.8 Å². The molecule has 0 radical (unpaired) electrons. The lowest BCUT2D eigenvalue weighted by Gasteiger charge is -2.40. The molecule has 2 fully saturated rings. The van der Waals surface area contributed by atoms with Gasteiger partial charge < -0.3 is 14.4 Å². The first-order valence-electron chi connectivity index (χ1n) is 7.59. The molecule has 0 bridgehead atoms. The quantitative estimate of drug-likeness (QED) is 0.836. The average Bonchev–Trinajstić information content (AvgIpc) is 2.95. The average molecular weight is 290 g/mol. The van der Waals surface area contributed by atoms with Gasteiger partial charge in [-0.05, 0) is 38.8 Å². The molecule has 0 spiro atoms. The Balaban J connectivity index is 1.74. The predicted octanol–water partition coefficient (Wildman–Crippen LogP) is 2.01. The van der Waals surface area contributed by atoms with Gasteiger partial charge in [-0.15, -0.1) is 0 Å². The highest BCUT2D eigenvalue weighted by molar-refractivity contribution is 5.95. The molecule has 1 atom stereocenters. The summed E-state index contributed by atoms with van der Waals surface area (Å²) in [7, 11) is 0. The van der Waals surface area contributed by atoms with Crippen LogP contribution in [0.5, 0.6) is 0 Å². The van der Waals surface area contributed by atoms with Gasteiger partial charge in [0.25, 0.3) is 5.91 Å². The van der Waals surface area contributed by atoms with Gasteiger partial charge in [-0.3, -0.25) is 9.78 Å². The molecule has 1 aromatic rings. The van der Waals surface area contributed by atoms with Crippen LogP contribution < -0.4 is 0 Å². The molecule has 0 saturated carbocycles. The van der Waals surface area contributed by atoms with E-state index in [4.69, 9.17) is 9.47 Å². The summed E-state index contributed by atoms with van der Waals surface area (Å²) < 4.78 is 11.5. The van der Waals surface area contributed by atoms with E-state index in [1.54, 1.807) is 6.20 Å². The number of hydrogen-bond acceptors (Lipinski definition) is 4. The summed E-state index contributed by atoms with van der Waals surface area (Å²) in [6, 6.07) is 3.66. The van der Waals surface area contributed by atoms with Crippen molar-refractivity contribution < 1.29 is 14.3 Å². The smallest absolute Gasteiger partial charge is 0.255 e. The van der Waals surface area contributed by atoms with Crippen molar-refractivity contribution in [1.29, 1.82) is 0 Å². The Morgan fingerprint density at radius 3 is 2.90 bits per heavy atom. The third-order valence-corrected chi connectivity index (χ3v) is 4.55. The van der Waals surface area contributed by atoms with E-state index in [0.29, 0.717) is 25.3 Å². The molecule has 5 nitrogen and oxygen atoms in total. The van der Waals surface area contributed by atoms with Crippen molar-refractivity contribution >= 4 is 5.91 Å². The number of carbonyl (C=O) groups is 1. The molecule has 21 heavy (non-hydrogen) atoms. The van der Waals surface area contributed by atoms with Crippen LogP contribution in [0.25, 0.3) is 0 Å². The Hall–Kier alpha value is -1.46. The molecule has 3 heterocycles. The number of hydrogen-bond donors (Lipinski definition) is 0. The molecule has 0 aliphatic carbocycles. The first-order chi connectivity index (χ1) is 10.1. The van der Waals surface area contributed by atoms with E-state index < -0.39 is 5.79 Å². The normalized spacial score (nSPS) is 25.0. The van der Waals surface area contributed by atoms with Crippen LogP contribution in [0.15, 0.2) is 18.3 Å². The van der Waals surface area contributed by atoms with E-state index in [1.165, 1.54) is 0 Å². The lowest BCUT2D eigenvalue weighted by molar-refractivity contribution is -0.189. The molecule has 0 N–H and O–H groups in total. The van der Waals surface area contributed by atoms with Crippen LogP contribution >= 0.6 is 0 Å². The fraction of sp³-hybridized carbons (Fsp3) is 0.625. The maximum atomic E-state index is 12.7. The summed E-state index contributed by atoms with van der Waals surface area (Å²) in [6.45, 7) is 6.63. The fourth-order valence-electron chi connectivity index (χ4n) is 3.24. The minimum absolute atomic E-state index is 0.0619. The summed E-state index contributed by atoms with van der Waals surface area (Å²) in [6.07, 6.45) is 3.73. The molecule has 5 heteroatoms. The van der Waals surface area contributed by atoms with Crippen molar-refractivity contribution in [3.05, 3.63) is 29.6 Å². The van der Waals surface area contributed by atoms with E-state index in [1.807, 2.05) is 30.9 Å². The highest BCUT2D eigenvalue weighted by atomic mass is 16.7. The fourth-order valence-corrected chi connectivity index (χ4v) is 3.24. The van der Waals surface area contributed by atoms with Crippen molar-refractivity contribution in [2.45, 2.75) is 32.5 Å². The first kappa shape index (κ1) is 14.5. The van der Waals surface area contributed by atoms with Crippen molar-refractivity contribution in [2.75, 3.05) is 26.3 Å². The molecule has 2 aliphatic heterocycles. The minimum atomic E-state index is -0.539. The number of amides is 1. The standard InChI is InChI=1S/C16H22N2O3/c1-12-14(6-3-7-17-12)15(19)18-8-4-5-13(11-18)16(2)20-9-10-21-16/h3,6-7,13H,4-5,8-11H2,1-2H3/t13-/m0/s1. The summed E-state index contributed by atoms with van der Waals surface area (Å²) in [5.74, 6) is -0.246. The highest BCUT2D eigenvalue weighted by Gasteiger charge is 2.42. The molecule has 2 aliphatic rings. The van der Waals surface area contributed by atoms with Gasteiger partial charge in [-0.2, -0.15) is 0 Å². The van der Waals surface area contributed by atoms with Crippen LogP contribution in [0.2, 0.25) is 0 Å². The van der Waals surface area contributed by atoms with Crippen LogP contribution in [-0.4, -0.2) is 47.9 Å². The number of pyridine rings is 1. The van der Waals surface area contributed by atoms with Gasteiger partial charge in [0.1, 0.15) is 0 Å². The predicted molar refractivity (Wildman–Crippen MR) is 77.9 cm³/mol. The summed E-state index contributed by atoms with van der Waals surface area (Å²) >= 11 is 0. The Morgan fingerprint density at radius 2 is 2.19 bits per heavy atom. The van der Waals surface area contributed by atoms with E-state index >= 15 is 0 Å². The Morgan fingerprint density at radius 1 is 1.43 bits per heavy atom. The van der Waals surface area contributed by atoms with Gasteiger partial charge in [0, 0.05) is 30.9 Å². The number of aryl methyl sites for hydroxylation is 1. The number of piperidine rings is 1. The molecular weight excluding hydrogens is 268 g/mol. The van der Waals surface area contributed by atoms with Crippen LogP contribution in [-0.2, 0) is 9.47 Å². The SMILES string of the molecule is Cc1ncccc1C(=O)N1CCC[C@H](C2(C)OCCO2)C1. The van der Waals surface area contributed by atoms with Crippen LogP contribution in [0.4, 0.5) is 0 Å². The van der Waals surface area contributed by atoms with E-state index in [0.717, 1.165) is 25.1 Å². The maximum Gasteiger partial charge on any atom is 0.255 e. The van der Waals surface area contributed by atoms with Crippen LogP contribution in [0.1, 0.15) is 35.8 Å².